The van der Waals surface area contributed by atoms with Gasteiger partial charge in [-0.1, -0.05) is 35.9 Å². The highest BCUT2D eigenvalue weighted by molar-refractivity contribution is 6.31. The van der Waals surface area contributed by atoms with E-state index >= 15 is 0 Å². The second-order valence-corrected chi connectivity index (χ2v) is 7.59. The molecule has 0 spiro atoms. The van der Waals surface area contributed by atoms with Crippen molar-refractivity contribution in [3.8, 4) is 0 Å². The Morgan fingerprint density at radius 1 is 1.33 bits per heavy atom. The van der Waals surface area contributed by atoms with Crippen molar-refractivity contribution in [3.63, 3.8) is 0 Å². The predicted octanol–water partition coefficient (Wildman–Crippen LogP) is 4.14. The van der Waals surface area contributed by atoms with Crippen molar-refractivity contribution in [2.45, 2.75) is 24.1 Å². The van der Waals surface area contributed by atoms with Crippen molar-refractivity contribution in [3.05, 3.63) is 57.6 Å². The molecule has 4 rings (SSSR count). The van der Waals surface area contributed by atoms with E-state index in [1.165, 1.54) is 22.3 Å². The quantitative estimate of drug-likeness (QED) is 0.808. The first kappa shape index (κ1) is 13.9. The van der Waals surface area contributed by atoms with Gasteiger partial charge in [-0.3, -0.25) is 0 Å². The highest BCUT2D eigenvalue weighted by Gasteiger charge is 2.55. The van der Waals surface area contributed by atoms with Crippen LogP contribution < -0.4 is 5.32 Å². The van der Waals surface area contributed by atoms with Crippen molar-refractivity contribution in [2.24, 2.45) is 11.8 Å². The first-order chi connectivity index (χ1) is 10.1. The molecule has 1 saturated carbocycles. The maximum atomic E-state index is 7.05. The average molecular weight is 320 g/mol. The molecule has 3 aliphatic carbocycles. The Balaban J connectivity index is 1.70. The average Bonchev–Trinajstić information content (AvgIpc) is 2.45. The zero-order valence-corrected chi connectivity index (χ0v) is 13.6. The molecular weight excluding hydrogens is 301 g/mol. The Kier molecular flexibility index (Phi) is 3.22. The zero-order valence-electron chi connectivity index (χ0n) is 12.1. The van der Waals surface area contributed by atoms with Gasteiger partial charge >= 0.3 is 0 Å². The van der Waals surface area contributed by atoms with Crippen LogP contribution >= 0.6 is 23.2 Å². The largest absolute Gasteiger partial charge is 0.319 e. The van der Waals surface area contributed by atoms with E-state index in [1.54, 1.807) is 0 Å². The number of hydrogen-bond acceptors (Lipinski definition) is 1. The molecule has 1 nitrogen and oxygen atoms in total. The van der Waals surface area contributed by atoms with Crippen LogP contribution in [0.3, 0.4) is 0 Å². The van der Waals surface area contributed by atoms with Crippen LogP contribution in [0.25, 0.3) is 0 Å². The zero-order chi connectivity index (χ0) is 14.6. The molecule has 110 valence electrons. The van der Waals surface area contributed by atoms with Crippen molar-refractivity contribution < 1.29 is 0 Å². The Bertz CT molecular complexity index is 661. The maximum absolute atomic E-state index is 7.05. The lowest BCUT2D eigenvalue weighted by Crippen LogP contribution is -2.55. The minimum absolute atomic E-state index is 0.164. The summed E-state index contributed by atoms with van der Waals surface area (Å²) in [4.78, 5) is -0.164. The van der Waals surface area contributed by atoms with Crippen molar-refractivity contribution in [1.82, 2.24) is 5.32 Å². The van der Waals surface area contributed by atoms with Crippen molar-refractivity contribution >= 4 is 23.2 Å². The summed E-state index contributed by atoms with van der Waals surface area (Å²) in [5, 5.41) is 4.17. The summed E-state index contributed by atoms with van der Waals surface area (Å²) >= 11 is 13.5. The third-order valence-electron chi connectivity index (χ3n) is 5.41. The molecule has 0 aromatic heterocycles. The lowest BCUT2D eigenvalue weighted by atomic mass is 9.56. The molecule has 0 radical (unpaired) electrons. The van der Waals surface area contributed by atoms with E-state index in [4.69, 9.17) is 23.2 Å². The summed E-state index contributed by atoms with van der Waals surface area (Å²) in [7, 11) is 2.02. The third-order valence-corrected chi connectivity index (χ3v) is 6.39. The van der Waals surface area contributed by atoms with Crippen LogP contribution in [0.5, 0.6) is 0 Å². The third kappa shape index (κ3) is 1.94. The predicted molar refractivity (Wildman–Crippen MR) is 89.1 cm³/mol. The monoisotopic (exact) mass is 319 g/mol. The molecule has 0 bridgehead atoms. The summed E-state index contributed by atoms with van der Waals surface area (Å²) < 4.78 is 0. The molecule has 0 amide bonds. The molecule has 21 heavy (non-hydrogen) atoms. The summed E-state index contributed by atoms with van der Waals surface area (Å²) in [6.07, 6.45) is 7.61. The normalized spacial score (nSPS) is 33.1. The lowest BCUT2D eigenvalue weighted by Gasteiger charge is -2.54. The van der Waals surface area contributed by atoms with Gasteiger partial charge in [0.05, 0.1) is 4.87 Å². The highest BCUT2D eigenvalue weighted by Crippen LogP contribution is 2.58. The van der Waals surface area contributed by atoms with E-state index in [0.29, 0.717) is 11.8 Å². The van der Waals surface area contributed by atoms with Gasteiger partial charge in [0.1, 0.15) is 0 Å². The van der Waals surface area contributed by atoms with Gasteiger partial charge in [-0.25, -0.2) is 0 Å². The van der Waals surface area contributed by atoms with Gasteiger partial charge in [-0.05, 0) is 67.1 Å². The number of nitrogens with one attached hydrogen (secondary N) is 1. The van der Waals surface area contributed by atoms with E-state index in [2.05, 4.69) is 23.5 Å². The van der Waals surface area contributed by atoms with E-state index in [-0.39, 0.29) is 4.87 Å². The minimum atomic E-state index is -0.164. The molecule has 3 unspecified atom stereocenters. The smallest absolute Gasteiger partial charge is 0.0733 e. The SMILES string of the molecule is CNCC1CC2(Cl)C3=C(C=CC12)Cc1cccc(Cl)c1C3. The van der Waals surface area contributed by atoms with Crippen LogP contribution in [-0.2, 0) is 12.8 Å². The van der Waals surface area contributed by atoms with E-state index in [1.807, 2.05) is 19.2 Å². The van der Waals surface area contributed by atoms with Gasteiger partial charge in [0, 0.05) is 10.9 Å². The maximum Gasteiger partial charge on any atom is 0.0733 e. The fourth-order valence-electron chi connectivity index (χ4n) is 4.32. The van der Waals surface area contributed by atoms with Crippen LogP contribution in [0.2, 0.25) is 5.02 Å². The molecule has 1 aromatic rings. The number of alkyl halides is 1. The highest BCUT2D eigenvalue weighted by atomic mass is 35.5. The summed E-state index contributed by atoms with van der Waals surface area (Å²) in [5.41, 5.74) is 5.48. The number of fused-ring (bicyclic) bond motifs is 3. The second kappa shape index (κ2) is 4.87. The van der Waals surface area contributed by atoms with Crippen molar-refractivity contribution in [1.29, 1.82) is 0 Å². The fourth-order valence-corrected chi connectivity index (χ4v) is 5.21. The summed E-state index contributed by atoms with van der Waals surface area (Å²) in [5.74, 6) is 1.12. The molecular formula is C18H19Cl2N. The summed E-state index contributed by atoms with van der Waals surface area (Å²) in [6, 6.07) is 6.23. The Labute approximate surface area is 136 Å². The summed E-state index contributed by atoms with van der Waals surface area (Å²) in [6.45, 7) is 1.05. The van der Waals surface area contributed by atoms with E-state index in [0.717, 1.165) is 30.8 Å². The van der Waals surface area contributed by atoms with Crippen LogP contribution in [0.15, 0.2) is 41.5 Å². The van der Waals surface area contributed by atoms with Crippen LogP contribution in [-0.4, -0.2) is 18.5 Å². The lowest BCUT2D eigenvalue weighted by molar-refractivity contribution is 0.163. The standard InChI is InChI=1S/C18H19Cl2N/c1-21-10-13-9-18(20)15(13)6-5-12-7-11-3-2-4-17(19)14(11)8-16(12)18/h2-6,13,15,21H,7-10H2,1H3. The molecule has 0 aliphatic heterocycles. The molecule has 1 N–H and O–H groups in total. The van der Waals surface area contributed by atoms with Crippen LogP contribution in [0, 0.1) is 11.8 Å². The second-order valence-electron chi connectivity index (χ2n) is 6.50. The fraction of sp³-hybridized carbons (Fsp3) is 0.444. The topological polar surface area (TPSA) is 12.0 Å². The number of allylic oxidation sites excluding steroid dienone is 4. The van der Waals surface area contributed by atoms with Gasteiger partial charge in [-0.15, -0.1) is 11.6 Å². The Morgan fingerprint density at radius 3 is 3.00 bits per heavy atom. The van der Waals surface area contributed by atoms with Gasteiger partial charge in [0.2, 0.25) is 0 Å². The molecule has 0 saturated heterocycles. The molecule has 3 atom stereocenters. The number of rotatable bonds is 2. The molecule has 0 heterocycles. The van der Waals surface area contributed by atoms with Gasteiger partial charge < -0.3 is 5.32 Å². The molecule has 3 aliphatic rings. The first-order valence-electron chi connectivity index (χ1n) is 7.64. The molecule has 3 heteroatoms. The molecule has 1 fully saturated rings. The first-order valence-corrected chi connectivity index (χ1v) is 8.39. The van der Waals surface area contributed by atoms with E-state index in [9.17, 15) is 0 Å². The van der Waals surface area contributed by atoms with Crippen LogP contribution in [0.1, 0.15) is 17.5 Å². The van der Waals surface area contributed by atoms with Gasteiger partial charge in [0.15, 0.2) is 0 Å². The van der Waals surface area contributed by atoms with E-state index < -0.39 is 0 Å². The van der Waals surface area contributed by atoms with Gasteiger partial charge in [-0.2, -0.15) is 0 Å². The van der Waals surface area contributed by atoms with Crippen molar-refractivity contribution in [2.75, 3.05) is 13.6 Å². The number of benzene rings is 1. The Morgan fingerprint density at radius 2 is 2.19 bits per heavy atom. The minimum Gasteiger partial charge on any atom is -0.319 e. The number of hydrogen-bond donors (Lipinski definition) is 1. The van der Waals surface area contributed by atoms with Gasteiger partial charge in [0.25, 0.3) is 0 Å². The number of halogens is 2. The molecule has 1 aromatic carbocycles. The Hall–Kier alpha value is -0.760. The van der Waals surface area contributed by atoms with Crippen LogP contribution in [0.4, 0.5) is 0 Å².